The van der Waals surface area contributed by atoms with Crippen molar-refractivity contribution >= 4 is 23.4 Å². The molecule has 0 saturated carbocycles. The molecule has 0 aliphatic carbocycles. The summed E-state index contributed by atoms with van der Waals surface area (Å²) in [5.41, 5.74) is 3.14. The highest BCUT2D eigenvalue weighted by molar-refractivity contribution is 5.98. The number of hydrogen-bond acceptors (Lipinski definition) is 4. The third-order valence-corrected chi connectivity index (χ3v) is 5.94. The summed E-state index contributed by atoms with van der Waals surface area (Å²) >= 11 is 0. The van der Waals surface area contributed by atoms with Gasteiger partial charge in [0.05, 0.1) is 7.11 Å². The third-order valence-electron chi connectivity index (χ3n) is 5.94. The van der Waals surface area contributed by atoms with Crippen molar-refractivity contribution in [2.24, 2.45) is 0 Å². The van der Waals surface area contributed by atoms with Crippen molar-refractivity contribution in [1.29, 1.82) is 0 Å². The number of carbonyl (C=O) groups excluding carboxylic acids is 3. The van der Waals surface area contributed by atoms with Crippen molar-refractivity contribution in [3.8, 4) is 5.75 Å². The molecule has 0 spiro atoms. The molecule has 2 aromatic rings. The van der Waals surface area contributed by atoms with Gasteiger partial charge in [0, 0.05) is 44.2 Å². The van der Waals surface area contributed by atoms with Crippen molar-refractivity contribution in [1.82, 2.24) is 9.80 Å². The minimum atomic E-state index is -0.545. The maximum atomic E-state index is 13.5. The number of nitrogens with one attached hydrogen (secondary N) is 1. The smallest absolute Gasteiger partial charge is 0.254 e. The summed E-state index contributed by atoms with van der Waals surface area (Å²) in [4.78, 5) is 41.8. The molecule has 2 aromatic carbocycles. The van der Waals surface area contributed by atoms with Crippen LogP contribution in [0.1, 0.15) is 41.3 Å². The van der Waals surface area contributed by atoms with E-state index in [9.17, 15) is 14.4 Å². The molecule has 162 valence electrons. The first-order valence-corrected chi connectivity index (χ1v) is 10.6. The van der Waals surface area contributed by atoms with Crippen LogP contribution in [0.2, 0.25) is 0 Å². The Bertz CT molecular complexity index is 1010. The number of benzene rings is 2. The van der Waals surface area contributed by atoms with E-state index in [0.29, 0.717) is 30.0 Å². The monoisotopic (exact) mass is 421 g/mol. The van der Waals surface area contributed by atoms with Crippen molar-refractivity contribution < 1.29 is 19.1 Å². The second-order valence-electron chi connectivity index (χ2n) is 8.08. The van der Waals surface area contributed by atoms with E-state index < -0.39 is 6.04 Å². The number of methoxy groups -OCH3 is 1. The molecule has 1 fully saturated rings. The molecule has 2 aliphatic heterocycles. The highest BCUT2D eigenvalue weighted by atomic mass is 16.5. The number of rotatable bonds is 4. The van der Waals surface area contributed by atoms with E-state index in [1.54, 1.807) is 36.3 Å². The Hall–Kier alpha value is -3.35. The topological polar surface area (TPSA) is 79.0 Å². The second-order valence-corrected chi connectivity index (χ2v) is 8.08. The lowest BCUT2D eigenvalue weighted by Crippen LogP contribution is -2.53. The predicted octanol–water partition coefficient (Wildman–Crippen LogP) is 2.84. The number of likely N-dealkylation sites (tertiary alicyclic amines) is 1. The van der Waals surface area contributed by atoms with Gasteiger partial charge >= 0.3 is 0 Å². The lowest BCUT2D eigenvalue weighted by Gasteiger charge is -2.38. The van der Waals surface area contributed by atoms with Crippen LogP contribution in [-0.2, 0) is 22.6 Å². The number of fused-ring (bicyclic) bond motifs is 1. The van der Waals surface area contributed by atoms with Gasteiger partial charge in [-0.25, -0.2) is 0 Å². The molecular formula is C24H27N3O4. The maximum absolute atomic E-state index is 13.5. The van der Waals surface area contributed by atoms with Crippen LogP contribution in [0, 0.1) is 0 Å². The van der Waals surface area contributed by atoms with Crippen molar-refractivity contribution in [3.63, 3.8) is 0 Å². The molecule has 31 heavy (non-hydrogen) atoms. The Morgan fingerprint density at radius 2 is 1.81 bits per heavy atom. The molecule has 1 saturated heterocycles. The highest BCUT2D eigenvalue weighted by Gasteiger charge is 2.38. The van der Waals surface area contributed by atoms with E-state index in [0.717, 1.165) is 37.1 Å². The van der Waals surface area contributed by atoms with Crippen LogP contribution in [0.4, 0.5) is 5.69 Å². The van der Waals surface area contributed by atoms with Gasteiger partial charge in [0.1, 0.15) is 11.8 Å². The zero-order valence-electron chi connectivity index (χ0n) is 17.9. The number of ether oxygens (including phenoxy) is 1. The quantitative estimate of drug-likeness (QED) is 0.823. The molecule has 2 heterocycles. The minimum absolute atomic E-state index is 0.00494. The lowest BCUT2D eigenvalue weighted by molar-refractivity contribution is -0.135. The largest absolute Gasteiger partial charge is 0.497 e. The molecule has 4 rings (SSSR count). The Balaban J connectivity index is 1.68. The van der Waals surface area contributed by atoms with Crippen molar-refractivity contribution in [3.05, 3.63) is 59.2 Å². The number of hydrogen-bond donors (Lipinski definition) is 1. The number of nitrogens with zero attached hydrogens (tertiary/aromatic N) is 2. The van der Waals surface area contributed by atoms with Gasteiger partial charge in [-0.15, -0.1) is 0 Å². The maximum Gasteiger partial charge on any atom is 0.254 e. The van der Waals surface area contributed by atoms with Gasteiger partial charge in [0.15, 0.2) is 0 Å². The first kappa shape index (κ1) is 20.9. The predicted molar refractivity (Wildman–Crippen MR) is 117 cm³/mol. The minimum Gasteiger partial charge on any atom is -0.497 e. The van der Waals surface area contributed by atoms with Gasteiger partial charge in [-0.3, -0.25) is 14.4 Å². The standard InChI is InChI=1S/C24H27N3O4/c1-16(28)25-20-9-8-17-14-22(24(30)26-10-3-4-11-26)27(15-19(17)12-20)23(29)18-6-5-7-21(13-18)31-2/h5-9,12-13,22H,3-4,10-11,14-15H2,1-2H3,(H,25,28). The SMILES string of the molecule is COc1cccc(C(=O)N2Cc3cc(NC(C)=O)ccc3CC2C(=O)N2CCCC2)c1. The van der Waals surface area contributed by atoms with E-state index in [-0.39, 0.29) is 17.7 Å². The molecule has 1 unspecified atom stereocenters. The molecule has 1 N–H and O–H groups in total. The van der Waals surface area contributed by atoms with Gasteiger partial charge in [0.25, 0.3) is 5.91 Å². The molecule has 0 aromatic heterocycles. The van der Waals surface area contributed by atoms with E-state index in [2.05, 4.69) is 5.32 Å². The van der Waals surface area contributed by atoms with Crippen LogP contribution in [0.25, 0.3) is 0 Å². The number of amides is 3. The van der Waals surface area contributed by atoms with Gasteiger partial charge in [-0.2, -0.15) is 0 Å². The Morgan fingerprint density at radius 3 is 2.52 bits per heavy atom. The van der Waals surface area contributed by atoms with Gasteiger partial charge < -0.3 is 19.9 Å². The molecule has 2 aliphatic rings. The Kier molecular flexibility index (Phi) is 5.93. The van der Waals surface area contributed by atoms with Crippen molar-refractivity contribution in [2.75, 3.05) is 25.5 Å². The fourth-order valence-corrected chi connectivity index (χ4v) is 4.37. The van der Waals surface area contributed by atoms with Crippen LogP contribution in [0.3, 0.4) is 0 Å². The fraction of sp³-hybridized carbons (Fsp3) is 0.375. The summed E-state index contributed by atoms with van der Waals surface area (Å²) in [7, 11) is 1.56. The molecular weight excluding hydrogens is 394 g/mol. The average Bonchev–Trinajstić information content (AvgIpc) is 3.32. The van der Waals surface area contributed by atoms with Gasteiger partial charge in [-0.05, 0) is 54.3 Å². The van der Waals surface area contributed by atoms with Crippen LogP contribution >= 0.6 is 0 Å². The highest BCUT2D eigenvalue weighted by Crippen LogP contribution is 2.29. The summed E-state index contributed by atoms with van der Waals surface area (Å²) in [6, 6.07) is 12.1. The molecule has 1 atom stereocenters. The zero-order valence-corrected chi connectivity index (χ0v) is 17.9. The molecule has 7 nitrogen and oxygen atoms in total. The third kappa shape index (κ3) is 4.40. The van der Waals surface area contributed by atoms with Crippen LogP contribution in [0.5, 0.6) is 5.75 Å². The average molecular weight is 421 g/mol. The number of anilines is 1. The van der Waals surface area contributed by atoms with Crippen LogP contribution in [-0.4, -0.2) is 53.8 Å². The molecule has 0 radical (unpaired) electrons. The summed E-state index contributed by atoms with van der Waals surface area (Å²) < 4.78 is 5.27. The van der Waals surface area contributed by atoms with Crippen LogP contribution in [0.15, 0.2) is 42.5 Å². The summed E-state index contributed by atoms with van der Waals surface area (Å²) in [6.07, 6.45) is 2.46. The number of carbonyl (C=O) groups is 3. The fourth-order valence-electron chi connectivity index (χ4n) is 4.37. The van der Waals surface area contributed by atoms with E-state index in [1.165, 1.54) is 6.92 Å². The first-order valence-electron chi connectivity index (χ1n) is 10.6. The van der Waals surface area contributed by atoms with Gasteiger partial charge in [0.2, 0.25) is 11.8 Å². The lowest BCUT2D eigenvalue weighted by atomic mass is 9.92. The van der Waals surface area contributed by atoms with Crippen molar-refractivity contribution in [2.45, 2.75) is 38.8 Å². The Morgan fingerprint density at radius 1 is 1.03 bits per heavy atom. The first-order chi connectivity index (χ1) is 15.0. The summed E-state index contributed by atoms with van der Waals surface area (Å²) in [5.74, 6) is 0.248. The van der Waals surface area contributed by atoms with Crippen LogP contribution < -0.4 is 10.1 Å². The Labute approximate surface area is 182 Å². The molecule has 3 amide bonds. The second kappa shape index (κ2) is 8.79. The molecule has 7 heteroatoms. The zero-order chi connectivity index (χ0) is 22.0. The molecule has 0 bridgehead atoms. The summed E-state index contributed by atoms with van der Waals surface area (Å²) in [5, 5.41) is 2.79. The van der Waals surface area contributed by atoms with E-state index >= 15 is 0 Å². The van der Waals surface area contributed by atoms with E-state index in [1.807, 2.05) is 23.1 Å². The van der Waals surface area contributed by atoms with E-state index in [4.69, 9.17) is 4.74 Å². The van der Waals surface area contributed by atoms with Gasteiger partial charge in [-0.1, -0.05) is 12.1 Å². The normalized spacial score (nSPS) is 17.8. The summed E-state index contributed by atoms with van der Waals surface area (Å²) in [6.45, 7) is 3.25.